The van der Waals surface area contributed by atoms with Crippen LogP contribution in [0.15, 0.2) is 18.2 Å². The molecule has 1 rings (SSSR count). The highest BCUT2D eigenvalue weighted by molar-refractivity contribution is 14.1. The summed E-state index contributed by atoms with van der Waals surface area (Å²) in [6.07, 6.45) is 0. The smallest absolute Gasteiger partial charge is 0.0202 e. The Balaban J connectivity index is 0.00000121. The Kier molecular flexibility index (Phi) is 5.88. The van der Waals surface area contributed by atoms with Gasteiger partial charge in [0.05, 0.1) is 0 Å². The molecule has 0 saturated carbocycles. The van der Waals surface area contributed by atoms with Crippen molar-refractivity contribution in [3.8, 4) is 0 Å². The van der Waals surface area contributed by atoms with Gasteiger partial charge in [0.2, 0.25) is 0 Å². The normalized spacial score (nSPS) is 9.25. The molecule has 0 atom stereocenters. The molecule has 0 unspecified atom stereocenters. The van der Waals surface area contributed by atoms with Crippen LogP contribution in [-0.4, -0.2) is 7.05 Å². The van der Waals surface area contributed by atoms with Crippen LogP contribution in [0.4, 0.5) is 0 Å². The van der Waals surface area contributed by atoms with Crippen molar-refractivity contribution in [2.45, 2.75) is 13.5 Å². The van der Waals surface area contributed by atoms with E-state index in [0.29, 0.717) is 0 Å². The third-order valence-electron chi connectivity index (χ3n) is 1.60. The van der Waals surface area contributed by atoms with Crippen LogP contribution in [0.1, 0.15) is 11.1 Å². The summed E-state index contributed by atoms with van der Waals surface area (Å²) in [5.41, 5.74) is 2.71. The SMILES string of the molecule is CNCc1ccc(I)c(C)c1.Cl. The maximum atomic E-state index is 3.13. The molecule has 0 aromatic heterocycles. The summed E-state index contributed by atoms with van der Waals surface area (Å²) < 4.78 is 1.34. The Labute approximate surface area is 93.5 Å². The predicted molar refractivity (Wildman–Crippen MR) is 63.9 cm³/mol. The van der Waals surface area contributed by atoms with Gasteiger partial charge in [-0.3, -0.25) is 0 Å². The number of hydrogen-bond acceptors (Lipinski definition) is 1. The summed E-state index contributed by atoms with van der Waals surface area (Å²) in [6, 6.07) is 6.53. The number of rotatable bonds is 2. The zero-order chi connectivity index (χ0) is 8.27. The maximum absolute atomic E-state index is 3.13. The molecule has 0 radical (unpaired) electrons. The average molecular weight is 298 g/mol. The molecule has 1 N–H and O–H groups in total. The number of nitrogens with one attached hydrogen (secondary N) is 1. The van der Waals surface area contributed by atoms with E-state index in [1.54, 1.807) is 0 Å². The molecule has 0 spiro atoms. The third-order valence-corrected chi connectivity index (χ3v) is 2.81. The molecule has 68 valence electrons. The van der Waals surface area contributed by atoms with Gasteiger partial charge in [-0.1, -0.05) is 12.1 Å². The van der Waals surface area contributed by atoms with Crippen molar-refractivity contribution in [2.75, 3.05) is 7.05 Å². The van der Waals surface area contributed by atoms with Gasteiger partial charge in [-0.05, 0) is 53.8 Å². The van der Waals surface area contributed by atoms with Gasteiger partial charge in [0, 0.05) is 10.1 Å². The Morgan fingerprint density at radius 3 is 2.58 bits per heavy atom. The van der Waals surface area contributed by atoms with Crippen LogP contribution in [0.5, 0.6) is 0 Å². The molecule has 0 aliphatic rings. The topological polar surface area (TPSA) is 12.0 Å². The highest BCUT2D eigenvalue weighted by Crippen LogP contribution is 2.12. The minimum Gasteiger partial charge on any atom is -0.316 e. The zero-order valence-corrected chi connectivity index (χ0v) is 10.2. The summed E-state index contributed by atoms with van der Waals surface area (Å²) in [4.78, 5) is 0. The van der Waals surface area contributed by atoms with E-state index in [1.165, 1.54) is 14.7 Å². The first kappa shape index (κ1) is 12.2. The molecule has 1 nitrogen and oxygen atoms in total. The van der Waals surface area contributed by atoms with Gasteiger partial charge in [0.15, 0.2) is 0 Å². The van der Waals surface area contributed by atoms with E-state index in [-0.39, 0.29) is 12.4 Å². The second-order valence-corrected chi connectivity index (χ2v) is 3.78. The first-order chi connectivity index (χ1) is 5.24. The molecule has 0 bridgehead atoms. The van der Waals surface area contributed by atoms with Crippen LogP contribution in [0.25, 0.3) is 0 Å². The highest BCUT2D eigenvalue weighted by Gasteiger charge is 1.94. The Hall–Kier alpha value is 0.200. The van der Waals surface area contributed by atoms with Gasteiger partial charge in [-0.15, -0.1) is 12.4 Å². The lowest BCUT2D eigenvalue weighted by atomic mass is 10.1. The lowest BCUT2D eigenvalue weighted by molar-refractivity contribution is 0.816. The van der Waals surface area contributed by atoms with Crippen molar-refractivity contribution in [1.29, 1.82) is 0 Å². The van der Waals surface area contributed by atoms with Crippen molar-refractivity contribution in [1.82, 2.24) is 5.32 Å². The molecule has 1 aromatic rings. The van der Waals surface area contributed by atoms with Crippen molar-refractivity contribution < 1.29 is 0 Å². The maximum Gasteiger partial charge on any atom is 0.0202 e. The summed E-state index contributed by atoms with van der Waals surface area (Å²) in [7, 11) is 1.97. The van der Waals surface area contributed by atoms with E-state index < -0.39 is 0 Å². The summed E-state index contributed by atoms with van der Waals surface area (Å²) in [6.45, 7) is 3.10. The van der Waals surface area contributed by atoms with Crippen molar-refractivity contribution in [3.05, 3.63) is 32.9 Å². The molecule has 1 aromatic carbocycles. The summed E-state index contributed by atoms with van der Waals surface area (Å²) in [5.74, 6) is 0. The highest BCUT2D eigenvalue weighted by atomic mass is 127. The largest absolute Gasteiger partial charge is 0.316 e. The van der Waals surface area contributed by atoms with Crippen LogP contribution in [0.2, 0.25) is 0 Å². The van der Waals surface area contributed by atoms with Crippen LogP contribution in [0.3, 0.4) is 0 Å². The van der Waals surface area contributed by atoms with Gasteiger partial charge in [0.1, 0.15) is 0 Å². The van der Waals surface area contributed by atoms with Crippen LogP contribution in [-0.2, 0) is 6.54 Å². The molecule has 0 aliphatic carbocycles. The van der Waals surface area contributed by atoms with Gasteiger partial charge in [-0.25, -0.2) is 0 Å². The third kappa shape index (κ3) is 3.29. The Morgan fingerprint density at radius 1 is 1.42 bits per heavy atom. The lowest BCUT2D eigenvalue weighted by Gasteiger charge is -2.02. The first-order valence-electron chi connectivity index (χ1n) is 3.63. The average Bonchev–Trinajstić information content (AvgIpc) is 1.98. The van der Waals surface area contributed by atoms with E-state index >= 15 is 0 Å². The fourth-order valence-electron chi connectivity index (χ4n) is 1.02. The van der Waals surface area contributed by atoms with Crippen molar-refractivity contribution in [3.63, 3.8) is 0 Å². The minimum atomic E-state index is 0. The molecule has 12 heavy (non-hydrogen) atoms. The number of hydrogen-bond donors (Lipinski definition) is 1. The van der Waals surface area contributed by atoms with Crippen molar-refractivity contribution >= 4 is 35.0 Å². The minimum absolute atomic E-state index is 0. The Morgan fingerprint density at radius 2 is 2.08 bits per heavy atom. The molecule has 0 amide bonds. The molecule has 0 fully saturated rings. The van der Waals surface area contributed by atoms with Gasteiger partial charge < -0.3 is 5.32 Å². The summed E-state index contributed by atoms with van der Waals surface area (Å²) >= 11 is 2.35. The lowest BCUT2D eigenvalue weighted by Crippen LogP contribution is -2.05. The molecule has 3 heteroatoms. The predicted octanol–water partition coefficient (Wildman–Crippen LogP) is 2.74. The second-order valence-electron chi connectivity index (χ2n) is 2.61. The van der Waals surface area contributed by atoms with E-state index in [1.807, 2.05) is 7.05 Å². The van der Waals surface area contributed by atoms with Gasteiger partial charge in [0.25, 0.3) is 0 Å². The van der Waals surface area contributed by atoms with E-state index in [0.717, 1.165) is 6.54 Å². The molecular weight excluding hydrogens is 284 g/mol. The monoisotopic (exact) mass is 297 g/mol. The van der Waals surface area contributed by atoms with Gasteiger partial charge >= 0.3 is 0 Å². The van der Waals surface area contributed by atoms with E-state index in [4.69, 9.17) is 0 Å². The fraction of sp³-hybridized carbons (Fsp3) is 0.333. The summed E-state index contributed by atoms with van der Waals surface area (Å²) in [5, 5.41) is 3.13. The number of benzene rings is 1. The van der Waals surface area contributed by atoms with Crippen molar-refractivity contribution in [2.24, 2.45) is 0 Å². The molecule has 0 heterocycles. The first-order valence-corrected chi connectivity index (χ1v) is 4.71. The van der Waals surface area contributed by atoms with Crippen LogP contribution >= 0.6 is 35.0 Å². The van der Waals surface area contributed by atoms with E-state index in [9.17, 15) is 0 Å². The van der Waals surface area contributed by atoms with Crippen LogP contribution in [0, 0.1) is 10.5 Å². The Bertz CT molecular complexity index is 250. The van der Waals surface area contributed by atoms with Crippen LogP contribution < -0.4 is 5.32 Å². The number of aryl methyl sites for hydroxylation is 1. The quantitative estimate of drug-likeness (QED) is 0.828. The second kappa shape index (κ2) is 5.78. The number of halogens is 2. The zero-order valence-electron chi connectivity index (χ0n) is 7.23. The molecule has 0 saturated heterocycles. The fourth-order valence-corrected chi connectivity index (χ4v) is 1.36. The molecule has 0 aliphatic heterocycles. The molecular formula is C9H13ClIN. The van der Waals surface area contributed by atoms with E-state index in [2.05, 4.69) is 53.0 Å². The standard InChI is InChI=1S/C9H12IN.ClH/c1-7-5-8(6-11-2)3-4-9(7)10;/h3-5,11H,6H2,1-2H3;1H. The van der Waals surface area contributed by atoms with Gasteiger partial charge in [-0.2, -0.15) is 0 Å².